The number of amides is 2. The van der Waals surface area contributed by atoms with Gasteiger partial charge in [-0.3, -0.25) is 20.4 Å². The number of rotatable bonds is 6. The van der Waals surface area contributed by atoms with E-state index in [9.17, 15) is 9.59 Å². The average molecular weight is 416 g/mol. The molecule has 1 atom stereocenters. The second-order valence-corrected chi connectivity index (χ2v) is 7.97. The molecular weight excluding hydrogens is 394 g/mol. The first-order valence-electron chi connectivity index (χ1n) is 9.61. The summed E-state index contributed by atoms with van der Waals surface area (Å²) in [6, 6.07) is 27.1. The van der Waals surface area contributed by atoms with Gasteiger partial charge in [-0.1, -0.05) is 66.7 Å². The van der Waals surface area contributed by atoms with E-state index in [0.717, 1.165) is 26.9 Å². The van der Waals surface area contributed by atoms with Gasteiger partial charge in [0.25, 0.3) is 5.91 Å². The Kier molecular flexibility index (Phi) is 6.15. The zero-order chi connectivity index (χ0) is 20.8. The molecule has 0 saturated heterocycles. The third kappa shape index (κ3) is 4.72. The van der Waals surface area contributed by atoms with Crippen LogP contribution in [-0.2, 0) is 16.0 Å². The van der Waals surface area contributed by atoms with Crippen molar-refractivity contribution >= 4 is 34.5 Å². The second kappa shape index (κ2) is 9.33. The molecule has 0 bridgehead atoms. The summed E-state index contributed by atoms with van der Waals surface area (Å²) in [6.45, 7) is 0. The highest BCUT2D eigenvalue weighted by molar-refractivity contribution is 8.00. The van der Waals surface area contributed by atoms with Gasteiger partial charge in [-0.15, -0.1) is 11.8 Å². The lowest BCUT2D eigenvalue weighted by atomic mass is 10.1. The fourth-order valence-corrected chi connectivity index (χ4v) is 4.27. The molecule has 2 amide bonds. The van der Waals surface area contributed by atoms with Crippen molar-refractivity contribution in [3.8, 4) is 0 Å². The number of fused-ring (bicyclic) bond motifs is 1. The summed E-state index contributed by atoms with van der Waals surface area (Å²) in [7, 11) is 0. The highest BCUT2D eigenvalue weighted by atomic mass is 32.2. The smallest absolute Gasteiger partial charge is 0.256 e. The van der Waals surface area contributed by atoms with Crippen molar-refractivity contribution in [2.45, 2.75) is 16.6 Å². The number of para-hydroxylation sites is 1. The van der Waals surface area contributed by atoms with Gasteiger partial charge in [0, 0.05) is 22.0 Å². The first kappa shape index (κ1) is 19.8. The maximum atomic E-state index is 12.9. The molecule has 150 valence electrons. The van der Waals surface area contributed by atoms with Crippen molar-refractivity contribution in [3.63, 3.8) is 0 Å². The molecule has 3 N–H and O–H groups in total. The van der Waals surface area contributed by atoms with E-state index in [2.05, 4.69) is 15.8 Å². The summed E-state index contributed by atoms with van der Waals surface area (Å²) in [5.74, 6) is -0.549. The molecule has 0 aliphatic carbocycles. The first-order chi connectivity index (χ1) is 14.7. The lowest BCUT2D eigenvalue weighted by molar-refractivity contribution is -0.128. The van der Waals surface area contributed by atoms with E-state index >= 15 is 0 Å². The third-order valence-electron chi connectivity index (χ3n) is 4.69. The molecule has 30 heavy (non-hydrogen) atoms. The summed E-state index contributed by atoms with van der Waals surface area (Å²) in [4.78, 5) is 29.5. The summed E-state index contributed by atoms with van der Waals surface area (Å²) in [6.07, 6.45) is 2.00. The molecule has 0 aliphatic heterocycles. The Balaban J connectivity index is 1.42. The third-order valence-corrected chi connectivity index (χ3v) is 5.95. The van der Waals surface area contributed by atoms with E-state index < -0.39 is 5.25 Å². The lowest BCUT2D eigenvalue weighted by Gasteiger charge is -2.17. The first-order valence-corrected chi connectivity index (χ1v) is 10.5. The number of thioether (sulfide) groups is 1. The maximum Gasteiger partial charge on any atom is 0.256 e. The largest absolute Gasteiger partial charge is 0.361 e. The number of carbonyl (C=O) groups excluding carboxylic acids is 2. The SMILES string of the molecule is O=C(Cc1c[nH]c2ccccc12)NNC(=O)[C@@H](Sc1ccccc1)c1ccccc1. The van der Waals surface area contributed by atoms with Gasteiger partial charge in [-0.05, 0) is 29.3 Å². The number of hydrogen-bond donors (Lipinski definition) is 3. The topological polar surface area (TPSA) is 74.0 Å². The number of hydrazine groups is 1. The van der Waals surface area contributed by atoms with Crippen LogP contribution in [0.5, 0.6) is 0 Å². The van der Waals surface area contributed by atoms with Gasteiger partial charge in [0.15, 0.2) is 0 Å². The molecule has 0 unspecified atom stereocenters. The van der Waals surface area contributed by atoms with Crippen LogP contribution in [0.2, 0.25) is 0 Å². The van der Waals surface area contributed by atoms with Gasteiger partial charge in [0.05, 0.1) is 6.42 Å². The van der Waals surface area contributed by atoms with Crippen LogP contribution < -0.4 is 10.9 Å². The van der Waals surface area contributed by atoms with Crippen molar-refractivity contribution < 1.29 is 9.59 Å². The van der Waals surface area contributed by atoms with Crippen molar-refractivity contribution in [3.05, 3.63) is 102 Å². The van der Waals surface area contributed by atoms with E-state index in [4.69, 9.17) is 0 Å². The molecule has 0 aliphatic rings. The molecule has 5 nitrogen and oxygen atoms in total. The van der Waals surface area contributed by atoms with Crippen molar-refractivity contribution in [1.29, 1.82) is 0 Å². The van der Waals surface area contributed by atoms with Crippen LogP contribution in [0.25, 0.3) is 10.9 Å². The van der Waals surface area contributed by atoms with Gasteiger partial charge >= 0.3 is 0 Å². The number of aromatic amines is 1. The Bertz CT molecular complexity index is 1140. The minimum absolute atomic E-state index is 0.173. The van der Waals surface area contributed by atoms with Gasteiger partial charge in [-0.2, -0.15) is 0 Å². The molecule has 0 spiro atoms. The normalized spacial score (nSPS) is 11.7. The molecule has 0 saturated carbocycles. The highest BCUT2D eigenvalue weighted by Crippen LogP contribution is 2.35. The van der Waals surface area contributed by atoms with Crippen molar-refractivity contribution in [2.75, 3.05) is 0 Å². The molecular formula is C24H21N3O2S. The Morgan fingerprint density at radius 3 is 2.27 bits per heavy atom. The van der Waals surface area contributed by atoms with Crippen molar-refractivity contribution in [1.82, 2.24) is 15.8 Å². The predicted molar refractivity (Wildman–Crippen MR) is 120 cm³/mol. The molecule has 0 fully saturated rings. The lowest BCUT2D eigenvalue weighted by Crippen LogP contribution is -2.44. The van der Waals surface area contributed by atoms with Crippen LogP contribution in [0.3, 0.4) is 0 Å². The fraction of sp³-hybridized carbons (Fsp3) is 0.0833. The van der Waals surface area contributed by atoms with Gasteiger partial charge in [0.2, 0.25) is 5.91 Å². The molecule has 3 aromatic carbocycles. The van der Waals surface area contributed by atoms with Crippen LogP contribution >= 0.6 is 11.8 Å². The zero-order valence-corrected chi connectivity index (χ0v) is 17.0. The zero-order valence-electron chi connectivity index (χ0n) is 16.2. The number of carbonyl (C=O) groups is 2. The number of H-pyrrole nitrogens is 1. The Morgan fingerprint density at radius 1 is 0.833 bits per heavy atom. The van der Waals surface area contributed by atoms with Crippen LogP contribution in [-0.4, -0.2) is 16.8 Å². The summed E-state index contributed by atoms with van der Waals surface area (Å²) in [5, 5.41) is 0.516. The van der Waals surface area contributed by atoms with E-state index in [-0.39, 0.29) is 18.2 Å². The number of hydrogen-bond acceptors (Lipinski definition) is 3. The standard InChI is InChI=1S/C24H21N3O2S/c28-22(15-18-16-25-21-14-8-7-13-20(18)21)26-27-24(29)23(17-9-3-1-4-10-17)30-19-11-5-2-6-12-19/h1-14,16,23,25H,15H2,(H,26,28)(H,27,29)/t23-/m0/s1. The highest BCUT2D eigenvalue weighted by Gasteiger charge is 2.22. The van der Waals surface area contributed by atoms with Crippen LogP contribution in [0, 0.1) is 0 Å². The fourth-order valence-electron chi connectivity index (χ4n) is 3.23. The van der Waals surface area contributed by atoms with Gasteiger partial charge in [-0.25, -0.2) is 0 Å². The summed E-state index contributed by atoms with van der Waals surface area (Å²) >= 11 is 1.44. The quantitative estimate of drug-likeness (QED) is 0.323. The molecule has 1 aromatic heterocycles. The van der Waals surface area contributed by atoms with E-state index in [1.54, 1.807) is 0 Å². The van der Waals surface area contributed by atoms with Gasteiger partial charge in [0.1, 0.15) is 5.25 Å². The Hall–Kier alpha value is -3.51. The van der Waals surface area contributed by atoms with Crippen LogP contribution in [0.4, 0.5) is 0 Å². The average Bonchev–Trinajstić information content (AvgIpc) is 3.20. The molecule has 6 heteroatoms. The maximum absolute atomic E-state index is 12.9. The van der Waals surface area contributed by atoms with Crippen LogP contribution in [0.1, 0.15) is 16.4 Å². The van der Waals surface area contributed by atoms with Gasteiger partial charge < -0.3 is 4.98 Å². The second-order valence-electron chi connectivity index (χ2n) is 6.80. The van der Waals surface area contributed by atoms with E-state index in [0.29, 0.717) is 0 Å². The summed E-state index contributed by atoms with van der Waals surface area (Å²) in [5.41, 5.74) is 7.88. The van der Waals surface area contributed by atoms with E-state index in [1.165, 1.54) is 11.8 Å². The minimum atomic E-state index is -0.484. The van der Waals surface area contributed by atoms with Crippen molar-refractivity contribution in [2.24, 2.45) is 0 Å². The monoisotopic (exact) mass is 415 g/mol. The number of benzene rings is 3. The molecule has 4 rings (SSSR count). The molecule has 1 heterocycles. The minimum Gasteiger partial charge on any atom is -0.361 e. The predicted octanol–water partition coefficient (Wildman–Crippen LogP) is 4.39. The molecule has 4 aromatic rings. The molecule has 0 radical (unpaired) electrons. The summed E-state index contributed by atoms with van der Waals surface area (Å²) < 4.78 is 0. The number of aromatic nitrogens is 1. The Labute approximate surface area is 178 Å². The Morgan fingerprint density at radius 2 is 1.50 bits per heavy atom. The van der Waals surface area contributed by atoms with E-state index in [1.807, 2.05) is 91.1 Å². The number of nitrogens with one attached hydrogen (secondary N) is 3. The van der Waals surface area contributed by atoms with Crippen LogP contribution in [0.15, 0.2) is 96.0 Å².